The maximum absolute atomic E-state index is 12.8. The van der Waals surface area contributed by atoms with E-state index in [2.05, 4.69) is 15.5 Å². The number of β-lactam (4-membered cyclic amide) rings is 1. The van der Waals surface area contributed by atoms with Gasteiger partial charge >= 0.3 is 5.16 Å². The molecule has 34 heavy (non-hydrogen) atoms. The van der Waals surface area contributed by atoms with Crippen molar-refractivity contribution in [3.8, 4) is 0 Å². The predicted octanol–water partition coefficient (Wildman–Crippen LogP) is -1.22. The number of thiazole rings is 1. The number of aromatic nitrogens is 3. The first-order chi connectivity index (χ1) is 16.2. The molecule has 15 heteroatoms. The van der Waals surface area contributed by atoms with E-state index in [4.69, 9.17) is 5.73 Å². The van der Waals surface area contributed by atoms with E-state index in [1.54, 1.807) is 11.5 Å². The van der Waals surface area contributed by atoms with Crippen LogP contribution in [0, 0.1) is 0 Å². The molecule has 4 rings (SSSR count). The summed E-state index contributed by atoms with van der Waals surface area (Å²) in [5, 5.41) is 30.3. The summed E-state index contributed by atoms with van der Waals surface area (Å²) in [6.45, 7) is 0. The molecule has 4 N–H and O–H groups in total. The van der Waals surface area contributed by atoms with Gasteiger partial charge in [-0.25, -0.2) is 14.1 Å². The fourth-order valence-corrected chi connectivity index (χ4v) is 6.17. The number of hydrogen-bond donors (Lipinski definition) is 3. The van der Waals surface area contributed by atoms with E-state index in [0.717, 1.165) is 21.4 Å². The summed E-state index contributed by atoms with van der Waals surface area (Å²) in [7, 11) is 3.79. The molecule has 2 atom stereocenters. The molecule has 2 aliphatic heterocycles. The zero-order valence-corrected chi connectivity index (χ0v) is 20.3. The monoisotopic (exact) mass is 521 g/mol. The summed E-state index contributed by atoms with van der Waals surface area (Å²) < 4.78 is 3.84. The number of carbonyl (C=O) groups is 3. The molecule has 2 aromatic rings. The van der Waals surface area contributed by atoms with Crippen molar-refractivity contribution in [3.63, 3.8) is 0 Å². The fourth-order valence-electron chi connectivity index (χ4n) is 3.50. The minimum absolute atomic E-state index is 0.0642. The first-order valence-electron chi connectivity index (χ1n) is 9.70. The second-order valence-corrected chi connectivity index (χ2v) is 10.1. The number of carboxylic acid groups (broad SMARTS) is 1. The number of amides is 2. The molecule has 0 unspecified atom stereocenters. The smallest absolute Gasteiger partial charge is 0.321 e. The molecular weight excluding hydrogens is 502 g/mol. The molecule has 0 aliphatic carbocycles. The van der Waals surface area contributed by atoms with E-state index in [1.165, 1.54) is 28.9 Å². The number of imidazole rings is 1. The maximum Gasteiger partial charge on any atom is 0.321 e. The Balaban J connectivity index is 1.49. The standard InChI is InChI=1S/C19H19N7O5S3/c1-24-4-5-25(2)19(24)32-6-3-9-7-33-16-12(15(28)26(16)13(9)17(29)30)22-14(27)11(23-31)10-8-34-18(20)21-10/h3-6,8,12,16H,7H2,1-2H3,(H4-,20,21,22,27,29,30,31)/b6-3+/t12-,16-/m1/s1. The average Bonchev–Trinajstić information content (AvgIpc) is 3.37. The number of anilines is 1. The van der Waals surface area contributed by atoms with E-state index in [9.17, 15) is 24.7 Å². The molecule has 2 aliphatic rings. The average molecular weight is 522 g/mol. The molecule has 0 spiro atoms. The van der Waals surface area contributed by atoms with Crippen LogP contribution in [-0.2, 0) is 28.5 Å². The van der Waals surface area contributed by atoms with Crippen molar-refractivity contribution >= 4 is 63.5 Å². The summed E-state index contributed by atoms with van der Waals surface area (Å²) in [5.41, 5.74) is 5.42. The van der Waals surface area contributed by atoms with Gasteiger partial charge in [-0.1, -0.05) is 5.16 Å². The number of oxime groups is 1. The molecule has 0 saturated carbocycles. The minimum atomic E-state index is -1.48. The molecule has 4 heterocycles. The predicted molar refractivity (Wildman–Crippen MR) is 123 cm³/mol. The third-order valence-corrected chi connectivity index (χ3v) is 8.15. The van der Waals surface area contributed by atoms with Gasteiger partial charge in [0.2, 0.25) is 0 Å². The third-order valence-electron chi connectivity index (χ3n) is 5.12. The fraction of sp³-hybridized carbons (Fsp3) is 0.263. The van der Waals surface area contributed by atoms with Crippen LogP contribution in [0.3, 0.4) is 0 Å². The zero-order chi connectivity index (χ0) is 24.6. The lowest BCUT2D eigenvalue weighted by Crippen LogP contribution is -2.71. The Hall–Kier alpha value is -3.30. The summed E-state index contributed by atoms with van der Waals surface area (Å²) in [6, 6.07) is -0.998. The van der Waals surface area contributed by atoms with E-state index in [1.807, 2.05) is 35.6 Å². The van der Waals surface area contributed by atoms with E-state index in [0.29, 0.717) is 11.3 Å². The quantitative estimate of drug-likeness (QED) is 0.101. The first kappa shape index (κ1) is 23.8. The highest BCUT2D eigenvalue weighted by molar-refractivity contribution is 8.02. The van der Waals surface area contributed by atoms with Crippen molar-refractivity contribution in [2.24, 2.45) is 19.3 Å². The van der Waals surface area contributed by atoms with Gasteiger partial charge < -0.3 is 26.2 Å². The molecule has 0 aromatic carbocycles. The number of fused-ring (bicyclic) bond motifs is 1. The third kappa shape index (κ3) is 4.28. The number of allylic oxidation sites excluding steroid dienone is 1. The molecule has 12 nitrogen and oxygen atoms in total. The number of hydrogen-bond acceptors (Lipinski definition) is 11. The zero-order valence-electron chi connectivity index (χ0n) is 17.9. The van der Waals surface area contributed by atoms with Crippen LogP contribution in [0.4, 0.5) is 5.13 Å². The van der Waals surface area contributed by atoms with Crippen LogP contribution in [-0.4, -0.2) is 60.3 Å². The van der Waals surface area contributed by atoms with Gasteiger partial charge in [0, 0.05) is 11.1 Å². The number of aryl methyl sites for hydroxylation is 2. The molecule has 2 amide bonds. The minimum Gasteiger partial charge on any atom is -0.543 e. The van der Waals surface area contributed by atoms with Crippen LogP contribution >= 0.6 is 34.9 Å². The van der Waals surface area contributed by atoms with Crippen LogP contribution < -0.4 is 20.7 Å². The van der Waals surface area contributed by atoms with Gasteiger partial charge in [-0.2, -0.15) is 0 Å². The number of nitrogens with zero attached hydrogens (tertiary/aromatic N) is 5. The largest absolute Gasteiger partial charge is 0.543 e. The number of nitrogen functional groups attached to an aromatic ring is 1. The van der Waals surface area contributed by atoms with E-state index < -0.39 is 34.9 Å². The Morgan fingerprint density at radius 1 is 1.50 bits per heavy atom. The topological polar surface area (TPSA) is 170 Å². The first-order valence-corrected chi connectivity index (χ1v) is 12.5. The SMILES string of the molecule is Cn1cc[n+](C)c1S/C=C/C1=C(C(=O)[O-])N2C(=O)[C@@H](NC(=O)/C(=N/O)c3csc(N)n3)[C@H]2SC1. The highest BCUT2D eigenvalue weighted by atomic mass is 32.2. The number of thioether (sulfide) groups is 2. The highest BCUT2D eigenvalue weighted by Crippen LogP contribution is 2.40. The van der Waals surface area contributed by atoms with Gasteiger partial charge in [0.05, 0.1) is 25.8 Å². The van der Waals surface area contributed by atoms with Crippen molar-refractivity contribution < 1.29 is 29.3 Å². The molecule has 0 radical (unpaired) electrons. The maximum atomic E-state index is 12.8. The van der Waals surface area contributed by atoms with Crippen molar-refractivity contribution in [1.82, 2.24) is 19.8 Å². The summed E-state index contributed by atoms with van der Waals surface area (Å²) in [4.78, 5) is 42.3. The lowest BCUT2D eigenvalue weighted by molar-refractivity contribution is -0.709. The summed E-state index contributed by atoms with van der Waals surface area (Å²) in [6.07, 6.45) is 5.44. The highest BCUT2D eigenvalue weighted by Gasteiger charge is 2.53. The second-order valence-electron chi connectivity index (χ2n) is 7.26. The van der Waals surface area contributed by atoms with Gasteiger partial charge in [0.1, 0.15) is 29.5 Å². The van der Waals surface area contributed by atoms with Crippen molar-refractivity contribution in [2.75, 3.05) is 11.5 Å². The van der Waals surface area contributed by atoms with Gasteiger partial charge in [-0.15, -0.1) is 23.1 Å². The number of carbonyl (C=O) groups excluding carboxylic acids is 3. The molecular formula is C19H19N7O5S3. The number of rotatable bonds is 7. The Bertz CT molecular complexity index is 1250. The molecule has 1 saturated heterocycles. The van der Waals surface area contributed by atoms with Crippen molar-refractivity contribution in [2.45, 2.75) is 16.6 Å². The van der Waals surface area contributed by atoms with Crippen LogP contribution in [0.5, 0.6) is 0 Å². The van der Waals surface area contributed by atoms with E-state index >= 15 is 0 Å². The number of aliphatic carboxylic acids is 1. The molecule has 0 bridgehead atoms. The molecule has 178 valence electrons. The lowest BCUT2D eigenvalue weighted by atomic mass is 10.0. The Morgan fingerprint density at radius 2 is 2.26 bits per heavy atom. The van der Waals surface area contributed by atoms with Crippen molar-refractivity contribution in [3.05, 3.63) is 46.2 Å². The van der Waals surface area contributed by atoms with E-state index in [-0.39, 0.29) is 16.5 Å². The summed E-state index contributed by atoms with van der Waals surface area (Å²) >= 11 is 3.76. The van der Waals surface area contributed by atoms with Crippen LogP contribution in [0.2, 0.25) is 0 Å². The van der Waals surface area contributed by atoms with Gasteiger partial charge in [-0.3, -0.25) is 14.5 Å². The second kappa shape index (κ2) is 9.52. The molecule has 1 fully saturated rings. The Kier molecular flexibility index (Phi) is 6.67. The number of nitrogens with one attached hydrogen (secondary N) is 1. The van der Waals surface area contributed by atoms with Gasteiger partial charge in [0.15, 0.2) is 10.8 Å². The van der Waals surface area contributed by atoms with Crippen molar-refractivity contribution in [1.29, 1.82) is 0 Å². The Morgan fingerprint density at radius 3 is 2.85 bits per heavy atom. The normalized spacial score (nSPS) is 20.5. The van der Waals surface area contributed by atoms with Crippen LogP contribution in [0.15, 0.2) is 50.8 Å². The van der Waals surface area contributed by atoms with Gasteiger partial charge in [-0.05, 0) is 28.8 Å². The van der Waals surface area contributed by atoms with Crippen LogP contribution in [0.1, 0.15) is 5.69 Å². The lowest BCUT2D eigenvalue weighted by Gasteiger charge is -2.50. The number of carboxylic acids is 1. The Labute approximate surface area is 205 Å². The molecule has 2 aromatic heterocycles. The number of nitrogens with two attached hydrogens (primary N) is 1. The van der Waals surface area contributed by atoms with Gasteiger partial charge in [0.25, 0.3) is 11.8 Å². The summed E-state index contributed by atoms with van der Waals surface area (Å²) in [5.74, 6) is -2.62. The van der Waals surface area contributed by atoms with Crippen LogP contribution in [0.25, 0.3) is 0 Å².